The van der Waals surface area contributed by atoms with E-state index in [0.29, 0.717) is 11.3 Å². The summed E-state index contributed by atoms with van der Waals surface area (Å²) in [5.41, 5.74) is 1.53. The number of pyridine rings is 1. The van der Waals surface area contributed by atoms with Crippen LogP contribution in [0.2, 0.25) is 0 Å². The summed E-state index contributed by atoms with van der Waals surface area (Å²) in [4.78, 5) is 32.8. The molecule has 0 saturated carbocycles. The Bertz CT molecular complexity index is 1210. The maximum Gasteiger partial charge on any atom is 0.331 e. The minimum absolute atomic E-state index is 0.0785. The molecule has 0 spiro atoms. The number of benzene rings is 1. The van der Waals surface area contributed by atoms with E-state index in [0.717, 1.165) is 19.7 Å². The summed E-state index contributed by atoms with van der Waals surface area (Å²) < 4.78 is 8.43. The number of nitrogens with zero attached hydrogens (tertiary/aromatic N) is 3. The monoisotopic (exact) mass is 441 g/mol. The molecule has 0 aliphatic heterocycles. The molecule has 1 aromatic carbocycles. The van der Waals surface area contributed by atoms with Gasteiger partial charge in [0.2, 0.25) is 0 Å². The van der Waals surface area contributed by atoms with Gasteiger partial charge in [-0.15, -0.1) is 11.3 Å². The van der Waals surface area contributed by atoms with Gasteiger partial charge >= 0.3 is 5.97 Å². The van der Waals surface area contributed by atoms with Gasteiger partial charge in [-0.3, -0.25) is 9.20 Å². The number of hydrogen-bond acceptors (Lipinski definition) is 6. The molecule has 0 aliphatic carbocycles. The highest BCUT2D eigenvalue weighted by atomic mass is 79.9. The van der Waals surface area contributed by atoms with Gasteiger partial charge in [0.15, 0.2) is 0 Å². The molecule has 0 saturated heterocycles. The summed E-state index contributed by atoms with van der Waals surface area (Å²) in [7, 11) is 0. The molecule has 4 aromatic rings. The summed E-state index contributed by atoms with van der Waals surface area (Å²) >= 11 is 4.81. The molecular weight excluding hydrogens is 430 g/mol. The van der Waals surface area contributed by atoms with E-state index in [2.05, 4.69) is 25.9 Å². The largest absolute Gasteiger partial charge is 0.456 e. The Balaban J connectivity index is 1.45. The molecule has 0 bridgehead atoms. The summed E-state index contributed by atoms with van der Waals surface area (Å²) in [6, 6.07) is 12.6. The molecule has 0 atom stereocenters. The number of halogens is 1. The molecule has 134 valence electrons. The molecule has 0 aliphatic rings. The predicted molar refractivity (Wildman–Crippen MR) is 108 cm³/mol. The predicted octanol–water partition coefficient (Wildman–Crippen LogP) is 3.82. The van der Waals surface area contributed by atoms with Crippen molar-refractivity contribution >= 4 is 55.2 Å². The maximum atomic E-state index is 12.1. The van der Waals surface area contributed by atoms with Crippen LogP contribution in [0, 0.1) is 0 Å². The van der Waals surface area contributed by atoms with Crippen LogP contribution in [0.15, 0.2) is 64.0 Å². The Morgan fingerprint density at radius 3 is 2.93 bits per heavy atom. The first-order valence-electron chi connectivity index (χ1n) is 7.97. The maximum absolute atomic E-state index is 12.1. The topological polar surface area (TPSA) is 73.6 Å². The zero-order chi connectivity index (χ0) is 18.8. The lowest BCUT2D eigenvalue weighted by molar-refractivity contribution is -0.139. The zero-order valence-electron chi connectivity index (χ0n) is 13.8. The number of esters is 1. The van der Waals surface area contributed by atoms with Crippen LogP contribution in [0.5, 0.6) is 0 Å². The number of ether oxygens (including phenoxy) is 1. The fraction of sp³-hybridized carbons (Fsp3) is 0.0526. The fourth-order valence-electron chi connectivity index (χ4n) is 2.49. The van der Waals surface area contributed by atoms with Crippen LogP contribution in [0.3, 0.4) is 0 Å². The minimum Gasteiger partial charge on any atom is -0.456 e. The number of aromatic nitrogens is 3. The first-order valence-corrected chi connectivity index (χ1v) is 9.58. The van der Waals surface area contributed by atoms with Crippen LogP contribution in [-0.4, -0.2) is 20.3 Å². The number of carbonyl (C=O) groups excluding carboxylic acids is 1. The summed E-state index contributed by atoms with van der Waals surface area (Å²) in [5, 5.41) is 0.723. The molecule has 0 fully saturated rings. The first kappa shape index (κ1) is 17.6. The second-order valence-corrected chi connectivity index (χ2v) is 7.60. The van der Waals surface area contributed by atoms with E-state index in [1.165, 1.54) is 27.9 Å². The Hall–Kier alpha value is -2.84. The van der Waals surface area contributed by atoms with E-state index in [9.17, 15) is 9.59 Å². The summed E-state index contributed by atoms with van der Waals surface area (Å²) in [5.74, 6) is -0.521. The van der Waals surface area contributed by atoms with E-state index < -0.39 is 5.97 Å². The Labute approximate surface area is 165 Å². The van der Waals surface area contributed by atoms with Crippen molar-refractivity contribution in [2.75, 3.05) is 0 Å². The van der Waals surface area contributed by atoms with E-state index in [4.69, 9.17) is 4.74 Å². The highest BCUT2D eigenvalue weighted by Crippen LogP contribution is 2.22. The van der Waals surface area contributed by atoms with Crippen LogP contribution in [-0.2, 0) is 16.1 Å². The van der Waals surface area contributed by atoms with Crippen LogP contribution in [0.1, 0.15) is 10.7 Å². The lowest BCUT2D eigenvalue weighted by Crippen LogP contribution is -2.16. The highest BCUT2D eigenvalue weighted by molar-refractivity contribution is 9.10. The fourth-order valence-corrected chi connectivity index (χ4v) is 3.70. The number of carbonyl (C=O) groups is 1. The Kier molecular flexibility index (Phi) is 4.83. The third kappa shape index (κ3) is 3.96. The second-order valence-electron chi connectivity index (χ2n) is 5.62. The highest BCUT2D eigenvalue weighted by Gasteiger charge is 2.06. The van der Waals surface area contributed by atoms with Crippen molar-refractivity contribution in [2.24, 2.45) is 0 Å². The summed E-state index contributed by atoms with van der Waals surface area (Å²) in [6.07, 6.45) is 4.58. The smallest absolute Gasteiger partial charge is 0.331 e. The van der Waals surface area contributed by atoms with Crippen molar-refractivity contribution in [3.63, 3.8) is 0 Å². The third-order valence-corrected chi connectivity index (χ3v) is 5.18. The van der Waals surface area contributed by atoms with Gasteiger partial charge in [-0.1, -0.05) is 12.1 Å². The van der Waals surface area contributed by atoms with Gasteiger partial charge in [0.1, 0.15) is 17.3 Å². The van der Waals surface area contributed by atoms with Crippen molar-refractivity contribution < 1.29 is 9.53 Å². The quantitative estimate of drug-likeness (QED) is 0.355. The molecule has 0 unspecified atom stereocenters. The van der Waals surface area contributed by atoms with Gasteiger partial charge < -0.3 is 4.74 Å². The van der Waals surface area contributed by atoms with Crippen LogP contribution in [0.4, 0.5) is 0 Å². The SMILES string of the molecule is O=C(C=Cc1nc2ccccc2s1)OCc1cc(=O)n2cc(Br)ccc2n1. The van der Waals surface area contributed by atoms with E-state index in [1.54, 1.807) is 24.4 Å². The normalized spacial score (nSPS) is 11.4. The minimum atomic E-state index is -0.521. The molecule has 4 rings (SSSR count). The number of hydrogen-bond donors (Lipinski definition) is 0. The van der Waals surface area contributed by atoms with Gasteiger partial charge in [-0.05, 0) is 46.3 Å². The lowest BCUT2D eigenvalue weighted by Gasteiger charge is -2.04. The standard InChI is InChI=1S/C19H12BrN3O3S/c20-12-5-6-16-21-13(9-18(24)23(16)10-12)11-26-19(25)8-7-17-22-14-3-1-2-4-15(14)27-17/h1-10H,11H2. The lowest BCUT2D eigenvalue weighted by atomic mass is 10.3. The second kappa shape index (κ2) is 7.42. The number of fused-ring (bicyclic) bond motifs is 2. The van der Waals surface area contributed by atoms with E-state index in [-0.39, 0.29) is 12.2 Å². The van der Waals surface area contributed by atoms with Crippen LogP contribution in [0.25, 0.3) is 21.9 Å². The Morgan fingerprint density at radius 1 is 1.22 bits per heavy atom. The van der Waals surface area contributed by atoms with Crippen molar-refractivity contribution in [1.29, 1.82) is 0 Å². The third-order valence-electron chi connectivity index (χ3n) is 3.71. The van der Waals surface area contributed by atoms with Crippen molar-refractivity contribution in [3.8, 4) is 0 Å². The van der Waals surface area contributed by atoms with Gasteiger partial charge in [0.05, 0.1) is 15.9 Å². The number of rotatable bonds is 4. The first-order chi connectivity index (χ1) is 13.1. The average molecular weight is 442 g/mol. The summed E-state index contributed by atoms with van der Waals surface area (Å²) in [6.45, 7) is -0.0785. The molecular formula is C19H12BrN3O3S. The zero-order valence-corrected chi connectivity index (χ0v) is 16.2. The van der Waals surface area contributed by atoms with Crippen LogP contribution >= 0.6 is 27.3 Å². The van der Waals surface area contributed by atoms with Crippen LogP contribution < -0.4 is 5.56 Å². The molecule has 27 heavy (non-hydrogen) atoms. The van der Waals surface area contributed by atoms with E-state index >= 15 is 0 Å². The number of para-hydroxylation sites is 1. The average Bonchev–Trinajstić information content (AvgIpc) is 3.08. The molecule has 8 heteroatoms. The molecule has 0 amide bonds. The molecule has 0 N–H and O–H groups in total. The van der Waals surface area contributed by atoms with Gasteiger partial charge in [0, 0.05) is 22.8 Å². The van der Waals surface area contributed by atoms with Gasteiger partial charge in [0.25, 0.3) is 5.56 Å². The van der Waals surface area contributed by atoms with Crippen molar-refractivity contribution in [2.45, 2.75) is 6.61 Å². The molecule has 6 nitrogen and oxygen atoms in total. The number of thiazole rings is 1. The molecule has 3 aromatic heterocycles. The van der Waals surface area contributed by atoms with Crippen molar-refractivity contribution in [1.82, 2.24) is 14.4 Å². The van der Waals surface area contributed by atoms with Gasteiger partial charge in [-0.25, -0.2) is 14.8 Å². The molecule has 0 radical (unpaired) electrons. The van der Waals surface area contributed by atoms with Gasteiger partial charge in [-0.2, -0.15) is 0 Å². The Morgan fingerprint density at radius 2 is 2.07 bits per heavy atom. The van der Waals surface area contributed by atoms with E-state index in [1.807, 2.05) is 24.3 Å². The van der Waals surface area contributed by atoms with Crippen molar-refractivity contribution in [3.05, 3.63) is 80.3 Å². The molecule has 3 heterocycles.